The standard InChI is InChI=1S/C14H10F3N3S/c15-14(16,17)10-1-2-13(12(19)6-10)21-8-9-3-4-20-11(5-9)7-18/h1-6H,8,19H2. The number of nitrogen functional groups attached to an aromatic ring is 1. The zero-order chi connectivity index (χ0) is 15.5. The molecule has 2 N–H and O–H groups in total. The fourth-order valence-corrected chi connectivity index (χ4v) is 2.53. The number of nitrogens with two attached hydrogens (primary N) is 1. The van der Waals surface area contributed by atoms with Gasteiger partial charge in [-0.25, -0.2) is 4.98 Å². The predicted octanol–water partition coefficient (Wildman–Crippen LogP) is 3.85. The first kappa shape index (κ1) is 15.2. The molecule has 21 heavy (non-hydrogen) atoms. The lowest BCUT2D eigenvalue weighted by Crippen LogP contribution is -2.05. The second kappa shape index (κ2) is 6.06. The predicted molar refractivity (Wildman–Crippen MR) is 74.4 cm³/mol. The van der Waals surface area contributed by atoms with Gasteiger partial charge in [-0.2, -0.15) is 18.4 Å². The Hall–Kier alpha value is -2.20. The van der Waals surface area contributed by atoms with E-state index in [1.807, 2.05) is 6.07 Å². The molecular weight excluding hydrogens is 299 g/mol. The summed E-state index contributed by atoms with van der Waals surface area (Å²) in [6, 6.07) is 8.60. The number of nitrogens with zero attached hydrogens (tertiary/aromatic N) is 2. The van der Waals surface area contributed by atoms with Gasteiger partial charge < -0.3 is 5.73 Å². The molecule has 0 fully saturated rings. The van der Waals surface area contributed by atoms with Crippen LogP contribution in [0.25, 0.3) is 0 Å². The molecule has 0 atom stereocenters. The quantitative estimate of drug-likeness (QED) is 0.691. The van der Waals surface area contributed by atoms with Crippen molar-refractivity contribution >= 4 is 17.4 Å². The van der Waals surface area contributed by atoms with E-state index in [-0.39, 0.29) is 5.69 Å². The van der Waals surface area contributed by atoms with Crippen LogP contribution in [0.15, 0.2) is 41.4 Å². The molecule has 0 aliphatic carbocycles. The van der Waals surface area contributed by atoms with Crippen molar-refractivity contribution in [3.05, 3.63) is 53.3 Å². The summed E-state index contributed by atoms with van der Waals surface area (Å²) in [7, 11) is 0. The van der Waals surface area contributed by atoms with E-state index >= 15 is 0 Å². The van der Waals surface area contributed by atoms with Crippen LogP contribution in [0.3, 0.4) is 0 Å². The molecule has 1 aromatic carbocycles. The monoisotopic (exact) mass is 309 g/mol. The smallest absolute Gasteiger partial charge is 0.398 e. The zero-order valence-corrected chi connectivity index (χ0v) is 11.5. The third-order valence-corrected chi connectivity index (χ3v) is 3.83. The molecule has 108 valence electrons. The Bertz CT molecular complexity index is 693. The fourth-order valence-electron chi connectivity index (χ4n) is 1.64. The first-order valence-electron chi connectivity index (χ1n) is 5.84. The SMILES string of the molecule is N#Cc1cc(CSc2ccc(C(F)(F)F)cc2N)ccn1. The molecule has 2 rings (SSSR count). The number of alkyl halides is 3. The number of pyridine rings is 1. The van der Waals surface area contributed by atoms with Gasteiger partial charge in [0.15, 0.2) is 0 Å². The number of hydrogen-bond acceptors (Lipinski definition) is 4. The van der Waals surface area contributed by atoms with E-state index in [0.717, 1.165) is 17.7 Å². The lowest BCUT2D eigenvalue weighted by molar-refractivity contribution is -0.137. The highest BCUT2D eigenvalue weighted by Gasteiger charge is 2.30. The molecule has 7 heteroatoms. The summed E-state index contributed by atoms with van der Waals surface area (Å²) in [4.78, 5) is 4.42. The average Bonchev–Trinajstić information content (AvgIpc) is 2.45. The van der Waals surface area contributed by atoms with E-state index in [2.05, 4.69) is 4.98 Å². The Morgan fingerprint density at radius 3 is 2.62 bits per heavy atom. The molecule has 0 spiro atoms. The van der Waals surface area contributed by atoms with Crippen LogP contribution in [0, 0.1) is 11.3 Å². The topological polar surface area (TPSA) is 62.7 Å². The van der Waals surface area contributed by atoms with Gasteiger partial charge in [-0.15, -0.1) is 11.8 Å². The van der Waals surface area contributed by atoms with E-state index in [1.165, 1.54) is 24.0 Å². The molecule has 3 nitrogen and oxygen atoms in total. The van der Waals surface area contributed by atoms with Gasteiger partial charge in [-0.1, -0.05) is 0 Å². The van der Waals surface area contributed by atoms with Crippen molar-refractivity contribution in [1.82, 2.24) is 4.98 Å². The van der Waals surface area contributed by atoms with Crippen molar-refractivity contribution in [2.75, 3.05) is 5.73 Å². The van der Waals surface area contributed by atoms with Gasteiger partial charge >= 0.3 is 6.18 Å². The number of thioether (sulfide) groups is 1. The van der Waals surface area contributed by atoms with Crippen LogP contribution in [0.4, 0.5) is 18.9 Å². The van der Waals surface area contributed by atoms with Crippen molar-refractivity contribution in [2.45, 2.75) is 16.8 Å². The van der Waals surface area contributed by atoms with Crippen molar-refractivity contribution in [3.63, 3.8) is 0 Å². The molecule has 1 heterocycles. The fraction of sp³-hybridized carbons (Fsp3) is 0.143. The summed E-state index contributed by atoms with van der Waals surface area (Å²) >= 11 is 1.31. The molecule has 1 aromatic heterocycles. The number of nitriles is 1. The van der Waals surface area contributed by atoms with Gasteiger partial charge in [0, 0.05) is 22.5 Å². The Morgan fingerprint density at radius 1 is 1.24 bits per heavy atom. The van der Waals surface area contributed by atoms with Crippen LogP contribution in [0.1, 0.15) is 16.8 Å². The third-order valence-electron chi connectivity index (χ3n) is 2.67. The number of halogens is 3. The number of hydrogen-bond donors (Lipinski definition) is 1. The summed E-state index contributed by atoms with van der Waals surface area (Å²) < 4.78 is 37.6. The Balaban J connectivity index is 2.12. The van der Waals surface area contributed by atoms with Crippen LogP contribution in [-0.4, -0.2) is 4.98 Å². The number of rotatable bonds is 3. The minimum Gasteiger partial charge on any atom is -0.398 e. The zero-order valence-electron chi connectivity index (χ0n) is 10.7. The summed E-state index contributed by atoms with van der Waals surface area (Å²) in [5.74, 6) is 0.493. The Labute approximate surface area is 123 Å². The lowest BCUT2D eigenvalue weighted by Gasteiger charge is -2.10. The number of benzene rings is 1. The molecule has 0 amide bonds. The number of anilines is 1. The molecule has 0 saturated heterocycles. The van der Waals surface area contributed by atoms with Gasteiger partial charge in [0.1, 0.15) is 11.8 Å². The van der Waals surface area contributed by atoms with Gasteiger partial charge in [0.2, 0.25) is 0 Å². The number of aromatic nitrogens is 1. The van der Waals surface area contributed by atoms with Crippen molar-refractivity contribution in [3.8, 4) is 6.07 Å². The van der Waals surface area contributed by atoms with Crippen LogP contribution < -0.4 is 5.73 Å². The van der Waals surface area contributed by atoms with Crippen LogP contribution in [-0.2, 0) is 11.9 Å². The van der Waals surface area contributed by atoms with Crippen LogP contribution in [0.2, 0.25) is 0 Å². The average molecular weight is 309 g/mol. The molecular formula is C14H10F3N3S. The van der Waals surface area contributed by atoms with E-state index < -0.39 is 11.7 Å². The molecule has 2 aromatic rings. The minimum atomic E-state index is -4.40. The lowest BCUT2D eigenvalue weighted by atomic mass is 10.2. The first-order valence-corrected chi connectivity index (χ1v) is 6.83. The molecule has 0 saturated carbocycles. The second-order valence-electron chi connectivity index (χ2n) is 4.20. The second-order valence-corrected chi connectivity index (χ2v) is 5.22. The minimum absolute atomic E-state index is 0.0874. The maximum absolute atomic E-state index is 12.5. The van der Waals surface area contributed by atoms with E-state index in [1.54, 1.807) is 12.1 Å². The van der Waals surface area contributed by atoms with E-state index in [4.69, 9.17) is 11.0 Å². The van der Waals surface area contributed by atoms with Gasteiger partial charge in [-0.05, 0) is 35.9 Å². The first-order chi connectivity index (χ1) is 9.90. The summed E-state index contributed by atoms with van der Waals surface area (Å²) in [6.07, 6.45) is -2.88. The molecule has 0 aliphatic heterocycles. The molecule has 0 aliphatic rings. The highest BCUT2D eigenvalue weighted by atomic mass is 32.2. The van der Waals surface area contributed by atoms with Gasteiger partial charge in [-0.3, -0.25) is 0 Å². The highest BCUT2D eigenvalue weighted by Crippen LogP contribution is 2.35. The van der Waals surface area contributed by atoms with E-state index in [0.29, 0.717) is 16.3 Å². The highest BCUT2D eigenvalue weighted by molar-refractivity contribution is 7.98. The van der Waals surface area contributed by atoms with E-state index in [9.17, 15) is 13.2 Å². The normalized spacial score (nSPS) is 11.1. The van der Waals surface area contributed by atoms with Gasteiger partial charge in [0.25, 0.3) is 0 Å². The van der Waals surface area contributed by atoms with Crippen LogP contribution >= 0.6 is 11.8 Å². The van der Waals surface area contributed by atoms with Crippen molar-refractivity contribution in [1.29, 1.82) is 5.26 Å². The maximum Gasteiger partial charge on any atom is 0.416 e. The Morgan fingerprint density at radius 2 is 2.00 bits per heavy atom. The van der Waals surface area contributed by atoms with Gasteiger partial charge in [0.05, 0.1) is 5.56 Å². The molecule has 0 bridgehead atoms. The largest absolute Gasteiger partial charge is 0.416 e. The van der Waals surface area contributed by atoms with Crippen LogP contribution in [0.5, 0.6) is 0 Å². The van der Waals surface area contributed by atoms with Crippen molar-refractivity contribution in [2.24, 2.45) is 0 Å². The Kier molecular flexibility index (Phi) is 4.38. The summed E-state index contributed by atoms with van der Waals surface area (Å²) in [5.41, 5.74) is 6.13. The summed E-state index contributed by atoms with van der Waals surface area (Å²) in [6.45, 7) is 0. The molecule has 0 unspecified atom stereocenters. The van der Waals surface area contributed by atoms with Crippen molar-refractivity contribution < 1.29 is 13.2 Å². The third kappa shape index (κ3) is 3.89. The maximum atomic E-state index is 12.5. The summed E-state index contributed by atoms with van der Waals surface area (Å²) in [5, 5.41) is 8.75. The molecule has 0 radical (unpaired) electrons.